The number of aryl methyl sites for hydroxylation is 4. The Morgan fingerprint density at radius 2 is 2.09 bits per heavy atom. The first kappa shape index (κ1) is 17.5. The van der Waals surface area contributed by atoms with Crippen molar-refractivity contribution in [1.29, 1.82) is 0 Å². The Bertz CT molecular complexity index is 627. The molecule has 2 heterocycles. The second-order valence-electron chi connectivity index (χ2n) is 5.36. The van der Waals surface area contributed by atoms with Crippen LogP contribution in [-0.2, 0) is 13.0 Å². The van der Waals surface area contributed by atoms with E-state index in [0.717, 1.165) is 49.0 Å². The van der Waals surface area contributed by atoms with Gasteiger partial charge in [-0.3, -0.25) is 0 Å². The van der Waals surface area contributed by atoms with Crippen molar-refractivity contribution in [2.75, 3.05) is 13.1 Å². The topological polar surface area (TPSA) is 75.3 Å². The van der Waals surface area contributed by atoms with Crippen molar-refractivity contribution >= 4 is 17.3 Å². The van der Waals surface area contributed by atoms with Crippen molar-refractivity contribution in [2.24, 2.45) is 4.99 Å². The molecule has 0 fully saturated rings. The van der Waals surface area contributed by atoms with Crippen molar-refractivity contribution < 1.29 is 4.42 Å². The molecule has 0 radical (unpaired) electrons. The van der Waals surface area contributed by atoms with Gasteiger partial charge in [-0.2, -0.15) is 0 Å². The van der Waals surface area contributed by atoms with Crippen molar-refractivity contribution in [3.8, 4) is 0 Å². The van der Waals surface area contributed by atoms with Gasteiger partial charge in [0, 0.05) is 30.6 Å². The molecule has 0 aliphatic carbocycles. The first-order valence-corrected chi connectivity index (χ1v) is 8.82. The molecule has 2 rings (SSSR count). The van der Waals surface area contributed by atoms with E-state index in [1.807, 2.05) is 20.8 Å². The molecule has 0 bridgehead atoms. The Labute approximate surface area is 141 Å². The van der Waals surface area contributed by atoms with E-state index in [9.17, 15) is 0 Å². The highest BCUT2D eigenvalue weighted by Crippen LogP contribution is 2.10. The highest BCUT2D eigenvalue weighted by atomic mass is 32.1. The number of nitrogens with zero attached hydrogens (tertiary/aromatic N) is 3. The quantitative estimate of drug-likeness (QED) is 0.462. The summed E-state index contributed by atoms with van der Waals surface area (Å²) in [5.41, 5.74) is 2.02. The number of thiazole rings is 1. The van der Waals surface area contributed by atoms with Crippen molar-refractivity contribution in [3.63, 3.8) is 0 Å². The second kappa shape index (κ2) is 8.67. The van der Waals surface area contributed by atoms with Crippen LogP contribution in [-0.4, -0.2) is 29.0 Å². The molecule has 0 saturated carbocycles. The average Bonchev–Trinajstić information content (AvgIpc) is 3.07. The van der Waals surface area contributed by atoms with E-state index in [0.29, 0.717) is 12.4 Å². The van der Waals surface area contributed by atoms with Gasteiger partial charge in [0.1, 0.15) is 12.3 Å². The lowest BCUT2D eigenvalue weighted by Gasteiger charge is -2.10. The summed E-state index contributed by atoms with van der Waals surface area (Å²) in [6.45, 7) is 10.1. The van der Waals surface area contributed by atoms with Crippen LogP contribution in [0.2, 0.25) is 0 Å². The zero-order valence-corrected chi connectivity index (χ0v) is 15.1. The molecular weight excluding hydrogens is 310 g/mol. The summed E-state index contributed by atoms with van der Waals surface area (Å²) in [7, 11) is 0. The van der Waals surface area contributed by atoms with Crippen LogP contribution in [0.25, 0.3) is 0 Å². The Hall–Kier alpha value is -1.89. The van der Waals surface area contributed by atoms with Crippen LogP contribution in [0.3, 0.4) is 0 Å². The molecular formula is C16H25N5OS. The van der Waals surface area contributed by atoms with Gasteiger partial charge < -0.3 is 15.1 Å². The number of aromatic nitrogens is 2. The highest BCUT2D eigenvalue weighted by molar-refractivity contribution is 7.09. The zero-order chi connectivity index (χ0) is 16.7. The minimum Gasteiger partial charge on any atom is -0.444 e. The van der Waals surface area contributed by atoms with Crippen LogP contribution in [0, 0.1) is 20.8 Å². The van der Waals surface area contributed by atoms with Gasteiger partial charge >= 0.3 is 0 Å². The lowest BCUT2D eigenvalue weighted by atomic mass is 10.3. The summed E-state index contributed by atoms with van der Waals surface area (Å²) < 4.78 is 5.55. The van der Waals surface area contributed by atoms with E-state index in [-0.39, 0.29) is 0 Å². The van der Waals surface area contributed by atoms with Gasteiger partial charge in [0.2, 0.25) is 5.89 Å². The van der Waals surface area contributed by atoms with Crippen LogP contribution < -0.4 is 10.6 Å². The lowest BCUT2D eigenvalue weighted by Crippen LogP contribution is -2.37. The molecule has 0 aromatic carbocycles. The largest absolute Gasteiger partial charge is 0.444 e. The molecule has 0 aliphatic rings. The lowest BCUT2D eigenvalue weighted by molar-refractivity contribution is 0.473. The predicted molar refractivity (Wildman–Crippen MR) is 94.0 cm³/mol. The summed E-state index contributed by atoms with van der Waals surface area (Å²) in [5, 5.41) is 9.85. The highest BCUT2D eigenvalue weighted by Gasteiger charge is 2.05. The average molecular weight is 335 g/mol. The number of rotatable bonds is 7. The van der Waals surface area contributed by atoms with Crippen molar-refractivity contribution in [3.05, 3.63) is 33.4 Å². The number of oxazole rings is 1. The summed E-state index contributed by atoms with van der Waals surface area (Å²) >= 11 is 1.72. The molecule has 2 aromatic rings. The SMILES string of the molecule is CCNC(=NCc1nc(C)c(C)o1)NCCCc1nc(C)cs1. The van der Waals surface area contributed by atoms with Gasteiger partial charge in [-0.15, -0.1) is 11.3 Å². The maximum absolute atomic E-state index is 5.55. The van der Waals surface area contributed by atoms with Gasteiger partial charge in [0.05, 0.1) is 10.7 Å². The van der Waals surface area contributed by atoms with Crippen molar-refractivity contribution in [1.82, 2.24) is 20.6 Å². The summed E-state index contributed by atoms with van der Waals surface area (Å²) in [6, 6.07) is 0. The van der Waals surface area contributed by atoms with Gasteiger partial charge in [-0.05, 0) is 34.1 Å². The first-order chi connectivity index (χ1) is 11.1. The molecule has 126 valence electrons. The number of aliphatic imine (C=N–C) groups is 1. The van der Waals surface area contributed by atoms with E-state index in [1.54, 1.807) is 11.3 Å². The molecule has 0 amide bonds. The molecule has 0 atom stereocenters. The third-order valence-electron chi connectivity index (χ3n) is 3.32. The van der Waals surface area contributed by atoms with E-state index < -0.39 is 0 Å². The molecule has 6 nitrogen and oxygen atoms in total. The van der Waals surface area contributed by atoms with Gasteiger partial charge in [0.25, 0.3) is 0 Å². The monoisotopic (exact) mass is 335 g/mol. The van der Waals surface area contributed by atoms with Gasteiger partial charge in [0.15, 0.2) is 5.96 Å². The predicted octanol–water partition coefficient (Wildman–Crippen LogP) is 2.74. The summed E-state index contributed by atoms with van der Waals surface area (Å²) in [5.74, 6) is 2.29. The molecule has 0 saturated heterocycles. The van der Waals surface area contributed by atoms with E-state index in [1.165, 1.54) is 5.01 Å². The molecule has 23 heavy (non-hydrogen) atoms. The van der Waals surface area contributed by atoms with Gasteiger partial charge in [-0.25, -0.2) is 15.0 Å². The van der Waals surface area contributed by atoms with E-state index in [2.05, 4.69) is 37.9 Å². The first-order valence-electron chi connectivity index (χ1n) is 7.94. The third-order valence-corrected chi connectivity index (χ3v) is 4.34. The Morgan fingerprint density at radius 3 is 2.70 bits per heavy atom. The van der Waals surface area contributed by atoms with Crippen LogP contribution in [0.5, 0.6) is 0 Å². The van der Waals surface area contributed by atoms with Crippen LogP contribution in [0.15, 0.2) is 14.8 Å². The zero-order valence-electron chi connectivity index (χ0n) is 14.3. The Morgan fingerprint density at radius 1 is 1.26 bits per heavy atom. The Balaban J connectivity index is 1.79. The van der Waals surface area contributed by atoms with Crippen LogP contribution in [0.4, 0.5) is 0 Å². The van der Waals surface area contributed by atoms with Crippen LogP contribution >= 0.6 is 11.3 Å². The number of hydrogen-bond acceptors (Lipinski definition) is 5. The fourth-order valence-corrected chi connectivity index (χ4v) is 2.88. The smallest absolute Gasteiger partial charge is 0.216 e. The van der Waals surface area contributed by atoms with Crippen LogP contribution in [0.1, 0.15) is 41.4 Å². The standard InChI is InChI=1S/C16H25N5OS/c1-5-17-16(19-9-14-21-12(3)13(4)22-14)18-8-6-7-15-20-11(2)10-23-15/h10H,5-9H2,1-4H3,(H2,17,18,19). The van der Waals surface area contributed by atoms with Crippen molar-refractivity contribution in [2.45, 2.75) is 47.1 Å². The Kier molecular flexibility index (Phi) is 6.58. The molecule has 0 unspecified atom stereocenters. The van der Waals surface area contributed by atoms with E-state index in [4.69, 9.17) is 4.42 Å². The molecule has 2 aromatic heterocycles. The van der Waals surface area contributed by atoms with E-state index >= 15 is 0 Å². The fraction of sp³-hybridized carbons (Fsp3) is 0.562. The van der Waals surface area contributed by atoms with Gasteiger partial charge in [-0.1, -0.05) is 0 Å². The second-order valence-corrected chi connectivity index (χ2v) is 6.30. The number of hydrogen-bond donors (Lipinski definition) is 2. The summed E-state index contributed by atoms with van der Waals surface area (Å²) in [6.07, 6.45) is 2.01. The fourth-order valence-electron chi connectivity index (χ4n) is 2.06. The minimum absolute atomic E-state index is 0.440. The molecule has 0 aliphatic heterocycles. The molecule has 0 spiro atoms. The molecule has 2 N–H and O–H groups in total. The number of nitrogens with one attached hydrogen (secondary N) is 2. The number of guanidine groups is 1. The maximum Gasteiger partial charge on any atom is 0.216 e. The normalized spacial score (nSPS) is 11.7. The molecule has 7 heteroatoms. The third kappa shape index (κ3) is 5.67. The maximum atomic E-state index is 5.55. The minimum atomic E-state index is 0.440. The summed E-state index contributed by atoms with van der Waals surface area (Å²) in [4.78, 5) is 13.3.